The summed E-state index contributed by atoms with van der Waals surface area (Å²) in [5.41, 5.74) is 3.00. The van der Waals surface area contributed by atoms with E-state index in [-0.39, 0.29) is 0 Å². The summed E-state index contributed by atoms with van der Waals surface area (Å²) in [5.74, 6) is 2.49. The standard InChI is InChI=1S/C13H19N5/c1-4-7-14-13-11-10(8(2)17-18(11)3)15-12(16-13)9-5-6-9/h9H,4-7H2,1-3H3,(H,14,15,16). The highest BCUT2D eigenvalue weighted by atomic mass is 15.3. The van der Waals surface area contributed by atoms with Crippen LogP contribution < -0.4 is 5.32 Å². The Morgan fingerprint density at radius 2 is 2.11 bits per heavy atom. The molecule has 5 nitrogen and oxygen atoms in total. The molecule has 1 N–H and O–H groups in total. The van der Waals surface area contributed by atoms with Gasteiger partial charge >= 0.3 is 0 Å². The second-order valence-electron chi connectivity index (χ2n) is 5.04. The average Bonchev–Trinajstić information content (AvgIpc) is 3.15. The fourth-order valence-electron chi connectivity index (χ4n) is 2.24. The maximum atomic E-state index is 4.69. The molecule has 0 aliphatic heterocycles. The van der Waals surface area contributed by atoms with Crippen molar-refractivity contribution < 1.29 is 0 Å². The van der Waals surface area contributed by atoms with Gasteiger partial charge in [0.05, 0.1) is 5.69 Å². The molecule has 2 aromatic rings. The maximum absolute atomic E-state index is 4.69. The minimum atomic E-state index is 0.566. The molecule has 0 radical (unpaired) electrons. The number of fused-ring (bicyclic) bond motifs is 1. The van der Waals surface area contributed by atoms with Crippen molar-refractivity contribution in [2.45, 2.75) is 39.0 Å². The molecule has 5 heteroatoms. The number of nitrogens with zero attached hydrogens (tertiary/aromatic N) is 4. The summed E-state index contributed by atoms with van der Waals surface area (Å²) in [6.45, 7) is 5.09. The van der Waals surface area contributed by atoms with Crippen LogP contribution >= 0.6 is 0 Å². The first kappa shape index (κ1) is 11.4. The van der Waals surface area contributed by atoms with Crippen LogP contribution in [0.3, 0.4) is 0 Å². The van der Waals surface area contributed by atoms with Crippen LogP contribution in [0.15, 0.2) is 0 Å². The van der Waals surface area contributed by atoms with Crippen molar-refractivity contribution in [3.05, 3.63) is 11.5 Å². The van der Waals surface area contributed by atoms with Crippen molar-refractivity contribution in [3.63, 3.8) is 0 Å². The van der Waals surface area contributed by atoms with Crippen molar-refractivity contribution in [1.82, 2.24) is 19.7 Å². The van der Waals surface area contributed by atoms with Gasteiger partial charge in [-0.25, -0.2) is 9.97 Å². The second-order valence-corrected chi connectivity index (χ2v) is 5.04. The molecule has 0 amide bonds. The molecule has 0 atom stereocenters. The summed E-state index contributed by atoms with van der Waals surface area (Å²) in [6, 6.07) is 0. The van der Waals surface area contributed by atoms with Crippen LogP contribution in [0.2, 0.25) is 0 Å². The first-order chi connectivity index (χ1) is 8.70. The van der Waals surface area contributed by atoms with Crippen LogP contribution in [0.4, 0.5) is 5.82 Å². The number of aryl methyl sites for hydroxylation is 2. The summed E-state index contributed by atoms with van der Waals surface area (Å²) in [6.07, 6.45) is 3.52. The molecule has 1 saturated carbocycles. The molecule has 3 rings (SSSR count). The average molecular weight is 245 g/mol. The molecule has 2 aromatic heterocycles. The lowest BCUT2D eigenvalue weighted by atomic mass is 10.3. The van der Waals surface area contributed by atoms with Gasteiger partial charge in [-0.1, -0.05) is 6.92 Å². The predicted octanol–water partition coefficient (Wildman–Crippen LogP) is 2.37. The van der Waals surface area contributed by atoms with E-state index in [1.807, 2.05) is 18.7 Å². The van der Waals surface area contributed by atoms with Gasteiger partial charge in [-0.15, -0.1) is 0 Å². The van der Waals surface area contributed by atoms with E-state index in [1.54, 1.807) is 0 Å². The summed E-state index contributed by atoms with van der Waals surface area (Å²) < 4.78 is 1.87. The van der Waals surface area contributed by atoms with Crippen LogP contribution in [0.1, 0.15) is 43.6 Å². The summed E-state index contributed by atoms with van der Waals surface area (Å²) in [7, 11) is 1.95. The maximum Gasteiger partial charge on any atom is 0.156 e. The number of aromatic nitrogens is 4. The minimum absolute atomic E-state index is 0.566. The highest BCUT2D eigenvalue weighted by Crippen LogP contribution is 2.39. The zero-order valence-corrected chi connectivity index (χ0v) is 11.2. The van der Waals surface area contributed by atoms with E-state index < -0.39 is 0 Å². The molecule has 18 heavy (non-hydrogen) atoms. The van der Waals surface area contributed by atoms with Crippen molar-refractivity contribution >= 4 is 16.9 Å². The van der Waals surface area contributed by atoms with Crippen molar-refractivity contribution in [2.24, 2.45) is 7.05 Å². The zero-order valence-electron chi connectivity index (χ0n) is 11.2. The molecule has 0 saturated heterocycles. The Hall–Kier alpha value is -1.65. The van der Waals surface area contributed by atoms with Gasteiger partial charge in [-0.2, -0.15) is 5.10 Å². The number of anilines is 1. The molecule has 2 heterocycles. The van der Waals surface area contributed by atoms with E-state index in [2.05, 4.69) is 17.3 Å². The van der Waals surface area contributed by atoms with Gasteiger partial charge in [0, 0.05) is 19.5 Å². The van der Waals surface area contributed by atoms with E-state index >= 15 is 0 Å². The summed E-state index contributed by atoms with van der Waals surface area (Å²) in [4.78, 5) is 9.38. The van der Waals surface area contributed by atoms with Crippen LogP contribution in [-0.2, 0) is 7.05 Å². The SMILES string of the molecule is CCCNc1nc(C2CC2)nc2c(C)nn(C)c12. The van der Waals surface area contributed by atoms with Gasteiger partial charge in [0.2, 0.25) is 0 Å². The van der Waals surface area contributed by atoms with Crippen LogP contribution in [0.5, 0.6) is 0 Å². The van der Waals surface area contributed by atoms with Gasteiger partial charge < -0.3 is 5.32 Å². The summed E-state index contributed by atoms with van der Waals surface area (Å²) in [5, 5.41) is 7.86. The highest BCUT2D eigenvalue weighted by molar-refractivity contribution is 5.87. The fraction of sp³-hybridized carbons (Fsp3) is 0.615. The number of rotatable bonds is 4. The molecular formula is C13H19N5. The zero-order chi connectivity index (χ0) is 12.7. The van der Waals surface area contributed by atoms with Crippen LogP contribution in [-0.4, -0.2) is 26.3 Å². The Labute approximate surface area is 107 Å². The Balaban J connectivity index is 2.15. The normalized spacial score (nSPS) is 15.3. The molecule has 0 bridgehead atoms. The van der Waals surface area contributed by atoms with Crippen molar-refractivity contribution in [3.8, 4) is 0 Å². The Morgan fingerprint density at radius 3 is 2.78 bits per heavy atom. The molecule has 96 valence electrons. The first-order valence-electron chi connectivity index (χ1n) is 6.65. The molecule has 0 spiro atoms. The lowest BCUT2D eigenvalue weighted by Crippen LogP contribution is -2.07. The third kappa shape index (κ3) is 1.83. The predicted molar refractivity (Wildman–Crippen MR) is 71.8 cm³/mol. The van der Waals surface area contributed by atoms with Gasteiger partial charge in [0.15, 0.2) is 5.82 Å². The second kappa shape index (κ2) is 4.23. The van der Waals surface area contributed by atoms with Crippen LogP contribution in [0.25, 0.3) is 11.0 Å². The van der Waals surface area contributed by atoms with Gasteiger partial charge in [0.25, 0.3) is 0 Å². The number of hydrogen-bond acceptors (Lipinski definition) is 4. The van der Waals surface area contributed by atoms with E-state index in [1.165, 1.54) is 12.8 Å². The fourth-order valence-corrected chi connectivity index (χ4v) is 2.24. The smallest absolute Gasteiger partial charge is 0.156 e. The lowest BCUT2D eigenvalue weighted by molar-refractivity contribution is 0.781. The monoisotopic (exact) mass is 245 g/mol. The van der Waals surface area contributed by atoms with Gasteiger partial charge in [0.1, 0.15) is 16.9 Å². The Morgan fingerprint density at radius 1 is 1.33 bits per heavy atom. The van der Waals surface area contributed by atoms with Gasteiger partial charge in [-0.3, -0.25) is 4.68 Å². The van der Waals surface area contributed by atoms with Crippen molar-refractivity contribution in [2.75, 3.05) is 11.9 Å². The third-order valence-corrected chi connectivity index (χ3v) is 3.35. The number of nitrogens with one attached hydrogen (secondary N) is 1. The van der Waals surface area contributed by atoms with E-state index in [0.29, 0.717) is 5.92 Å². The lowest BCUT2D eigenvalue weighted by Gasteiger charge is -2.08. The van der Waals surface area contributed by atoms with E-state index in [9.17, 15) is 0 Å². The summed E-state index contributed by atoms with van der Waals surface area (Å²) >= 11 is 0. The van der Waals surface area contributed by atoms with E-state index in [4.69, 9.17) is 9.97 Å². The largest absolute Gasteiger partial charge is 0.368 e. The van der Waals surface area contributed by atoms with Crippen molar-refractivity contribution in [1.29, 1.82) is 0 Å². The molecule has 1 fully saturated rings. The Kier molecular flexibility index (Phi) is 2.69. The third-order valence-electron chi connectivity index (χ3n) is 3.35. The molecular weight excluding hydrogens is 226 g/mol. The minimum Gasteiger partial charge on any atom is -0.368 e. The first-order valence-corrected chi connectivity index (χ1v) is 6.65. The molecule has 0 unspecified atom stereocenters. The van der Waals surface area contributed by atoms with Gasteiger partial charge in [-0.05, 0) is 26.2 Å². The van der Waals surface area contributed by atoms with Crippen LogP contribution in [0, 0.1) is 6.92 Å². The highest BCUT2D eigenvalue weighted by Gasteiger charge is 2.28. The number of hydrogen-bond donors (Lipinski definition) is 1. The molecule has 1 aliphatic carbocycles. The quantitative estimate of drug-likeness (QED) is 0.898. The molecule has 1 aliphatic rings. The molecule has 0 aromatic carbocycles. The van der Waals surface area contributed by atoms with E-state index in [0.717, 1.165) is 41.3 Å². The topological polar surface area (TPSA) is 55.6 Å². The Bertz CT molecular complexity index is 583.